The van der Waals surface area contributed by atoms with Gasteiger partial charge in [0.1, 0.15) is 5.82 Å². The summed E-state index contributed by atoms with van der Waals surface area (Å²) in [5.41, 5.74) is 13.1. The Morgan fingerprint density at radius 3 is 2.15 bits per heavy atom. The molecule has 5 nitrogen and oxygen atoms in total. The van der Waals surface area contributed by atoms with Crippen molar-refractivity contribution in [1.29, 1.82) is 0 Å². The number of nitrogens with one attached hydrogen (secondary N) is 1. The SMILES string of the molecule is NC(=S)N/N=C/c1cc(F)c(N2CCC(Cc3ccccc3Cl)CC2)cc1N1CCC(Cc2ccccc2)CC1. The molecule has 2 aliphatic rings. The van der Waals surface area contributed by atoms with Crippen molar-refractivity contribution < 1.29 is 4.39 Å². The van der Waals surface area contributed by atoms with Gasteiger partial charge in [-0.15, -0.1) is 0 Å². The van der Waals surface area contributed by atoms with E-state index in [4.69, 9.17) is 29.6 Å². The summed E-state index contributed by atoms with van der Waals surface area (Å²) in [6.45, 7) is 3.49. The summed E-state index contributed by atoms with van der Waals surface area (Å²) in [6.07, 6.45) is 7.88. The first-order chi connectivity index (χ1) is 19.5. The molecule has 5 rings (SSSR count). The van der Waals surface area contributed by atoms with E-state index in [0.29, 0.717) is 17.5 Å². The molecule has 0 atom stereocenters. The molecule has 0 amide bonds. The number of nitrogens with two attached hydrogens (primary N) is 1. The molecule has 8 heteroatoms. The van der Waals surface area contributed by atoms with Crippen LogP contribution in [0.1, 0.15) is 42.4 Å². The fourth-order valence-corrected chi connectivity index (χ4v) is 6.30. The molecule has 0 unspecified atom stereocenters. The van der Waals surface area contributed by atoms with Crippen molar-refractivity contribution in [3.05, 3.63) is 94.3 Å². The van der Waals surface area contributed by atoms with E-state index in [2.05, 4.69) is 56.7 Å². The van der Waals surface area contributed by atoms with Crippen LogP contribution in [0.15, 0.2) is 71.8 Å². The second-order valence-corrected chi connectivity index (χ2v) is 11.8. The number of hydrazone groups is 1. The molecule has 0 saturated carbocycles. The third-order valence-corrected chi connectivity index (χ3v) is 8.68. The minimum atomic E-state index is -0.232. The standard InChI is InChI=1S/C32H37ClFN5S/c33-28-9-5-4-8-26(28)19-25-12-16-39(17-13-25)31-21-30(27(20-29(31)34)22-36-37-32(35)40)38-14-10-24(11-15-38)18-23-6-2-1-3-7-23/h1-9,20-22,24-25H,10-19H2,(H3,35,37,40)/b36-22+. The maximum absolute atomic E-state index is 15.6. The number of halogens is 2. The van der Waals surface area contributed by atoms with Crippen molar-refractivity contribution in [2.24, 2.45) is 22.7 Å². The highest BCUT2D eigenvalue weighted by Crippen LogP contribution is 2.35. The quantitative estimate of drug-likeness (QED) is 0.180. The molecule has 0 aliphatic carbocycles. The molecule has 2 saturated heterocycles. The molecule has 2 fully saturated rings. The van der Waals surface area contributed by atoms with Crippen molar-refractivity contribution in [2.45, 2.75) is 38.5 Å². The van der Waals surface area contributed by atoms with Crippen LogP contribution in [0.3, 0.4) is 0 Å². The van der Waals surface area contributed by atoms with Crippen molar-refractivity contribution >= 4 is 46.5 Å². The summed E-state index contributed by atoms with van der Waals surface area (Å²) in [4.78, 5) is 4.56. The van der Waals surface area contributed by atoms with Crippen LogP contribution in [-0.2, 0) is 12.8 Å². The zero-order valence-corrected chi connectivity index (χ0v) is 24.3. The van der Waals surface area contributed by atoms with Crippen molar-refractivity contribution in [2.75, 3.05) is 36.0 Å². The third-order valence-electron chi connectivity index (χ3n) is 8.22. The lowest BCUT2D eigenvalue weighted by atomic mass is 9.89. The van der Waals surface area contributed by atoms with Crippen LogP contribution in [-0.4, -0.2) is 37.5 Å². The average molecular weight is 578 g/mol. The number of thiocarbonyl (C=S) groups is 1. The van der Waals surface area contributed by atoms with Crippen LogP contribution in [0.2, 0.25) is 5.02 Å². The highest BCUT2D eigenvalue weighted by molar-refractivity contribution is 7.80. The highest BCUT2D eigenvalue weighted by Gasteiger charge is 2.26. The minimum Gasteiger partial charge on any atom is -0.375 e. The molecule has 3 N–H and O–H groups in total. The lowest BCUT2D eigenvalue weighted by molar-refractivity contribution is 0.400. The number of piperidine rings is 2. The Labute approximate surface area is 247 Å². The van der Waals surface area contributed by atoms with Gasteiger partial charge < -0.3 is 15.5 Å². The van der Waals surface area contributed by atoms with Crippen LogP contribution < -0.4 is 21.0 Å². The molecule has 2 aliphatic heterocycles. The second-order valence-electron chi connectivity index (χ2n) is 10.9. The number of nitrogens with zero attached hydrogens (tertiary/aromatic N) is 3. The van der Waals surface area contributed by atoms with E-state index >= 15 is 4.39 Å². The Kier molecular flexibility index (Phi) is 9.55. The Hall–Kier alpha value is -3.16. The van der Waals surface area contributed by atoms with Gasteiger partial charge in [-0.2, -0.15) is 5.10 Å². The van der Waals surface area contributed by atoms with E-state index in [1.54, 1.807) is 12.3 Å². The highest BCUT2D eigenvalue weighted by atomic mass is 35.5. The predicted molar refractivity (Wildman–Crippen MR) is 169 cm³/mol. The smallest absolute Gasteiger partial charge is 0.184 e. The van der Waals surface area contributed by atoms with Crippen LogP contribution in [0.5, 0.6) is 0 Å². The van der Waals surface area contributed by atoms with Gasteiger partial charge in [0.15, 0.2) is 5.11 Å². The number of hydrogen-bond donors (Lipinski definition) is 2. The first-order valence-corrected chi connectivity index (χ1v) is 14.9. The molecule has 0 bridgehead atoms. The molecule has 40 heavy (non-hydrogen) atoms. The Morgan fingerprint density at radius 1 is 0.900 bits per heavy atom. The van der Waals surface area contributed by atoms with E-state index < -0.39 is 0 Å². The Morgan fingerprint density at radius 2 is 1.50 bits per heavy atom. The topological polar surface area (TPSA) is 56.9 Å². The number of hydrogen-bond acceptors (Lipinski definition) is 4. The van der Waals surface area contributed by atoms with Gasteiger partial charge in [0.25, 0.3) is 0 Å². The fourth-order valence-electron chi connectivity index (χ4n) is 6.03. The summed E-state index contributed by atoms with van der Waals surface area (Å²) < 4.78 is 15.6. The van der Waals surface area contributed by atoms with Crippen molar-refractivity contribution in [1.82, 2.24) is 5.43 Å². The lowest BCUT2D eigenvalue weighted by Crippen LogP contribution is -2.37. The molecule has 2 heterocycles. The van der Waals surface area contributed by atoms with E-state index in [-0.39, 0.29) is 10.9 Å². The third kappa shape index (κ3) is 7.32. The van der Waals surface area contributed by atoms with Crippen LogP contribution in [0, 0.1) is 17.7 Å². The molecular formula is C32H37ClFN5S. The predicted octanol–water partition coefficient (Wildman–Crippen LogP) is 6.56. The Bertz CT molecular complexity index is 1320. The van der Waals surface area contributed by atoms with Gasteiger partial charge in [-0.3, -0.25) is 5.43 Å². The summed E-state index contributed by atoms with van der Waals surface area (Å²) in [5, 5.41) is 5.06. The zero-order chi connectivity index (χ0) is 27.9. The van der Waals surface area contributed by atoms with E-state index in [9.17, 15) is 0 Å². The molecule has 3 aromatic rings. The zero-order valence-electron chi connectivity index (χ0n) is 22.7. The van der Waals surface area contributed by atoms with E-state index in [1.165, 1.54) is 11.1 Å². The van der Waals surface area contributed by atoms with Crippen LogP contribution >= 0.6 is 23.8 Å². The first kappa shape index (κ1) is 28.4. The summed E-state index contributed by atoms with van der Waals surface area (Å²) in [5.74, 6) is 0.952. The maximum Gasteiger partial charge on any atom is 0.184 e. The summed E-state index contributed by atoms with van der Waals surface area (Å²) in [7, 11) is 0. The van der Waals surface area contributed by atoms with Gasteiger partial charge in [-0.05, 0) is 91.9 Å². The van der Waals surface area contributed by atoms with E-state index in [1.807, 2.05) is 24.3 Å². The van der Waals surface area contributed by atoms with Gasteiger partial charge in [-0.1, -0.05) is 60.1 Å². The fraction of sp³-hybridized carbons (Fsp3) is 0.375. The minimum absolute atomic E-state index is 0.0799. The first-order valence-electron chi connectivity index (χ1n) is 14.2. The molecule has 3 aromatic carbocycles. The van der Waals surface area contributed by atoms with Gasteiger partial charge in [-0.25, -0.2) is 4.39 Å². The Balaban J connectivity index is 1.29. The molecular weight excluding hydrogens is 541 g/mol. The van der Waals surface area contributed by atoms with Gasteiger partial charge in [0.05, 0.1) is 11.9 Å². The largest absolute Gasteiger partial charge is 0.375 e. The van der Waals surface area contributed by atoms with E-state index in [0.717, 1.165) is 81.0 Å². The summed E-state index contributed by atoms with van der Waals surface area (Å²) in [6, 6.07) is 22.4. The van der Waals surface area contributed by atoms with Gasteiger partial charge in [0.2, 0.25) is 0 Å². The number of benzene rings is 3. The average Bonchev–Trinajstić information content (AvgIpc) is 2.96. The number of rotatable bonds is 8. The van der Waals surface area contributed by atoms with Crippen LogP contribution in [0.4, 0.5) is 15.8 Å². The molecule has 0 radical (unpaired) electrons. The molecule has 0 spiro atoms. The number of anilines is 2. The normalized spacial score (nSPS) is 16.9. The van der Waals surface area contributed by atoms with Crippen molar-refractivity contribution in [3.8, 4) is 0 Å². The maximum atomic E-state index is 15.6. The second kappa shape index (κ2) is 13.5. The molecule has 210 valence electrons. The van der Waals surface area contributed by atoms with Gasteiger partial charge in [0, 0.05) is 42.5 Å². The van der Waals surface area contributed by atoms with Crippen LogP contribution in [0.25, 0.3) is 0 Å². The van der Waals surface area contributed by atoms with Crippen molar-refractivity contribution in [3.63, 3.8) is 0 Å². The summed E-state index contributed by atoms with van der Waals surface area (Å²) >= 11 is 11.3. The van der Waals surface area contributed by atoms with Gasteiger partial charge >= 0.3 is 0 Å². The monoisotopic (exact) mass is 577 g/mol. The lowest BCUT2D eigenvalue weighted by Gasteiger charge is -2.37. The molecule has 0 aromatic heterocycles.